The quantitative estimate of drug-likeness (QED) is 0.629. The van der Waals surface area contributed by atoms with Crippen LogP contribution in [0.2, 0.25) is 0 Å². The number of carboxylic acids is 1. The summed E-state index contributed by atoms with van der Waals surface area (Å²) < 4.78 is 0. The van der Waals surface area contributed by atoms with E-state index < -0.39 is 5.97 Å². The van der Waals surface area contributed by atoms with Gasteiger partial charge in [-0.3, -0.25) is 9.69 Å². The summed E-state index contributed by atoms with van der Waals surface area (Å²) in [6, 6.07) is -0.131. The van der Waals surface area contributed by atoms with Crippen LogP contribution in [0.4, 0.5) is 4.79 Å². The van der Waals surface area contributed by atoms with Crippen LogP contribution < -0.4 is 5.32 Å². The molecule has 116 valence electrons. The van der Waals surface area contributed by atoms with Gasteiger partial charge in [-0.15, -0.1) is 0 Å². The smallest absolute Gasteiger partial charge is 0.317 e. The zero-order valence-electron chi connectivity index (χ0n) is 12.0. The molecule has 0 aromatic heterocycles. The zero-order valence-corrected chi connectivity index (χ0v) is 12.0. The topological polar surface area (TPSA) is 93.1 Å². The molecule has 1 saturated heterocycles. The Bertz CT molecular complexity index is 325. The van der Waals surface area contributed by atoms with Gasteiger partial charge in [-0.1, -0.05) is 6.92 Å². The van der Waals surface area contributed by atoms with Gasteiger partial charge in [0.2, 0.25) is 0 Å². The van der Waals surface area contributed by atoms with Crippen molar-refractivity contribution < 1.29 is 19.8 Å². The lowest BCUT2D eigenvalue weighted by molar-refractivity contribution is -0.137. The predicted molar refractivity (Wildman–Crippen MR) is 74.5 cm³/mol. The second-order valence-electron chi connectivity index (χ2n) is 5.29. The van der Waals surface area contributed by atoms with E-state index in [1.807, 2.05) is 0 Å². The third-order valence-corrected chi connectivity index (χ3v) is 3.42. The highest BCUT2D eigenvalue weighted by molar-refractivity contribution is 5.74. The molecule has 1 rings (SSSR count). The molecule has 7 nitrogen and oxygen atoms in total. The number of aliphatic hydroxyl groups is 1. The van der Waals surface area contributed by atoms with Crippen molar-refractivity contribution in [1.82, 2.24) is 15.1 Å². The van der Waals surface area contributed by atoms with E-state index in [1.165, 1.54) is 0 Å². The first-order valence-electron chi connectivity index (χ1n) is 7.10. The van der Waals surface area contributed by atoms with Crippen molar-refractivity contribution in [2.75, 3.05) is 45.9 Å². The zero-order chi connectivity index (χ0) is 15.0. The molecule has 3 N–H and O–H groups in total. The molecule has 0 bridgehead atoms. The second kappa shape index (κ2) is 8.76. The molecule has 1 aliphatic rings. The van der Waals surface area contributed by atoms with Gasteiger partial charge in [0.15, 0.2) is 0 Å². The van der Waals surface area contributed by atoms with Crippen molar-refractivity contribution in [1.29, 1.82) is 0 Å². The molecule has 0 spiro atoms. The van der Waals surface area contributed by atoms with E-state index >= 15 is 0 Å². The largest absolute Gasteiger partial charge is 0.481 e. The number of aliphatic carboxylic acids is 1. The Morgan fingerprint density at radius 3 is 2.65 bits per heavy atom. The Kier molecular flexibility index (Phi) is 7.32. The van der Waals surface area contributed by atoms with E-state index in [0.717, 1.165) is 19.5 Å². The Morgan fingerprint density at radius 2 is 2.00 bits per heavy atom. The van der Waals surface area contributed by atoms with Gasteiger partial charge in [0.25, 0.3) is 0 Å². The number of β-amino-alcohol motifs (C(OH)–C–C–N with tert-alkyl or cyclic N) is 1. The Labute approximate surface area is 119 Å². The van der Waals surface area contributed by atoms with Crippen molar-refractivity contribution in [3.05, 3.63) is 0 Å². The van der Waals surface area contributed by atoms with E-state index in [2.05, 4.69) is 10.2 Å². The van der Waals surface area contributed by atoms with Crippen molar-refractivity contribution in [2.24, 2.45) is 5.92 Å². The molecule has 0 aromatic carbocycles. The third-order valence-electron chi connectivity index (χ3n) is 3.42. The van der Waals surface area contributed by atoms with Crippen LogP contribution in [-0.4, -0.2) is 77.9 Å². The molecule has 2 amide bonds. The minimum absolute atomic E-state index is 0.0601. The van der Waals surface area contributed by atoms with E-state index in [4.69, 9.17) is 10.2 Å². The fraction of sp³-hybridized carbons (Fsp3) is 0.846. The van der Waals surface area contributed by atoms with E-state index in [0.29, 0.717) is 26.2 Å². The van der Waals surface area contributed by atoms with Crippen LogP contribution in [0, 0.1) is 5.92 Å². The molecular weight excluding hydrogens is 262 g/mol. The number of rotatable bonds is 6. The maximum absolute atomic E-state index is 12.0. The normalized spacial score (nSPS) is 18.4. The lowest BCUT2D eigenvalue weighted by atomic mass is 10.1. The first-order chi connectivity index (χ1) is 9.52. The van der Waals surface area contributed by atoms with Crippen LogP contribution in [0.1, 0.15) is 19.8 Å². The number of carboxylic acid groups (broad SMARTS) is 1. The molecule has 0 saturated carbocycles. The standard InChI is InChI=1S/C13H25N3O4/c1-11(9-12(18)19)10-14-13(20)16-4-2-3-15(5-6-16)7-8-17/h11,17H,2-10H2,1H3,(H,14,20)(H,18,19). The van der Waals surface area contributed by atoms with Gasteiger partial charge in [0.05, 0.1) is 6.61 Å². The van der Waals surface area contributed by atoms with Crippen LogP contribution in [0.25, 0.3) is 0 Å². The fourth-order valence-electron chi connectivity index (χ4n) is 2.28. The number of nitrogens with one attached hydrogen (secondary N) is 1. The number of hydrogen-bond donors (Lipinski definition) is 3. The maximum Gasteiger partial charge on any atom is 0.317 e. The second-order valence-corrected chi connectivity index (χ2v) is 5.29. The highest BCUT2D eigenvalue weighted by Crippen LogP contribution is 2.04. The first kappa shape index (κ1) is 16.7. The minimum atomic E-state index is -0.846. The monoisotopic (exact) mass is 287 g/mol. The molecule has 0 aromatic rings. The summed E-state index contributed by atoms with van der Waals surface area (Å²) in [7, 11) is 0. The molecule has 1 fully saturated rings. The highest BCUT2D eigenvalue weighted by Gasteiger charge is 2.19. The summed E-state index contributed by atoms with van der Waals surface area (Å²) in [5.41, 5.74) is 0. The number of aliphatic hydroxyl groups excluding tert-OH is 1. The van der Waals surface area contributed by atoms with Gasteiger partial charge in [-0.05, 0) is 18.9 Å². The van der Waals surface area contributed by atoms with E-state index in [9.17, 15) is 9.59 Å². The predicted octanol–water partition coefficient (Wildman–Crippen LogP) is -0.193. The summed E-state index contributed by atoms with van der Waals surface area (Å²) in [5, 5.41) is 20.4. The summed E-state index contributed by atoms with van der Waals surface area (Å²) in [4.78, 5) is 26.4. The lowest BCUT2D eigenvalue weighted by Gasteiger charge is -2.22. The molecule has 0 aliphatic carbocycles. The Morgan fingerprint density at radius 1 is 1.25 bits per heavy atom. The average Bonchev–Trinajstić information content (AvgIpc) is 2.61. The van der Waals surface area contributed by atoms with Crippen LogP contribution in [0.5, 0.6) is 0 Å². The number of carbonyl (C=O) groups excluding carboxylic acids is 1. The first-order valence-corrected chi connectivity index (χ1v) is 7.10. The Balaban J connectivity index is 2.30. The van der Waals surface area contributed by atoms with Crippen molar-refractivity contribution in [2.45, 2.75) is 19.8 Å². The minimum Gasteiger partial charge on any atom is -0.481 e. The number of urea groups is 1. The molecule has 1 heterocycles. The van der Waals surface area contributed by atoms with Crippen molar-refractivity contribution >= 4 is 12.0 Å². The molecule has 1 unspecified atom stereocenters. The molecule has 20 heavy (non-hydrogen) atoms. The molecule has 1 atom stereocenters. The van der Waals surface area contributed by atoms with Gasteiger partial charge in [0, 0.05) is 39.1 Å². The number of nitrogens with zero attached hydrogens (tertiary/aromatic N) is 2. The lowest BCUT2D eigenvalue weighted by Crippen LogP contribution is -2.43. The SMILES string of the molecule is CC(CNC(=O)N1CCCN(CCO)CC1)CC(=O)O. The van der Waals surface area contributed by atoms with E-state index in [1.54, 1.807) is 11.8 Å². The molecule has 7 heteroatoms. The van der Waals surface area contributed by atoms with Crippen molar-refractivity contribution in [3.63, 3.8) is 0 Å². The Hall–Kier alpha value is -1.34. The third kappa shape index (κ3) is 6.21. The molecule has 1 aliphatic heterocycles. The highest BCUT2D eigenvalue weighted by atomic mass is 16.4. The van der Waals surface area contributed by atoms with Crippen molar-refractivity contribution in [3.8, 4) is 0 Å². The number of amides is 2. The van der Waals surface area contributed by atoms with Gasteiger partial charge < -0.3 is 20.4 Å². The van der Waals surface area contributed by atoms with Crippen LogP contribution >= 0.6 is 0 Å². The molecule has 0 radical (unpaired) electrons. The van der Waals surface area contributed by atoms with Crippen LogP contribution in [0.3, 0.4) is 0 Å². The molecular formula is C13H25N3O4. The fourth-order valence-corrected chi connectivity index (χ4v) is 2.28. The summed E-state index contributed by atoms with van der Waals surface area (Å²) in [5.74, 6) is -0.921. The summed E-state index contributed by atoms with van der Waals surface area (Å²) in [6.45, 7) is 5.95. The van der Waals surface area contributed by atoms with Crippen LogP contribution in [-0.2, 0) is 4.79 Å². The van der Waals surface area contributed by atoms with Crippen LogP contribution in [0.15, 0.2) is 0 Å². The van der Waals surface area contributed by atoms with Gasteiger partial charge >= 0.3 is 12.0 Å². The number of hydrogen-bond acceptors (Lipinski definition) is 4. The summed E-state index contributed by atoms with van der Waals surface area (Å²) >= 11 is 0. The number of carbonyl (C=O) groups is 2. The van der Waals surface area contributed by atoms with E-state index in [-0.39, 0.29) is 25.0 Å². The summed E-state index contributed by atoms with van der Waals surface area (Å²) in [6.07, 6.45) is 0.947. The van der Waals surface area contributed by atoms with Gasteiger partial charge in [0.1, 0.15) is 0 Å². The van der Waals surface area contributed by atoms with Gasteiger partial charge in [-0.2, -0.15) is 0 Å². The maximum atomic E-state index is 12.0. The van der Waals surface area contributed by atoms with Gasteiger partial charge in [-0.25, -0.2) is 4.79 Å². The average molecular weight is 287 g/mol.